The van der Waals surface area contributed by atoms with Crippen molar-refractivity contribution in [1.82, 2.24) is 0 Å². The zero-order chi connectivity index (χ0) is 14.3. The molecule has 1 heterocycles. The van der Waals surface area contributed by atoms with Crippen molar-refractivity contribution in [1.29, 1.82) is 0 Å². The predicted molar refractivity (Wildman–Crippen MR) is 75.1 cm³/mol. The fourth-order valence-corrected chi connectivity index (χ4v) is 3.10. The van der Waals surface area contributed by atoms with Gasteiger partial charge in [0.1, 0.15) is 11.6 Å². The fraction of sp³-hybridized carbons (Fsp3) is 0.625. The van der Waals surface area contributed by atoms with E-state index >= 15 is 0 Å². The van der Waals surface area contributed by atoms with Gasteiger partial charge in [0.05, 0.1) is 19.3 Å². The third-order valence-corrected chi connectivity index (χ3v) is 4.30. The number of nitrogens with zero attached hydrogens (tertiary/aromatic N) is 1. The minimum atomic E-state index is -0.434. The molecule has 2 fully saturated rings. The highest BCUT2D eigenvalue weighted by Gasteiger charge is 2.37. The molecule has 3 rings (SSSR count). The van der Waals surface area contributed by atoms with Crippen LogP contribution in [0.1, 0.15) is 38.2 Å². The topological polar surface area (TPSA) is 12.5 Å². The van der Waals surface area contributed by atoms with E-state index in [-0.39, 0.29) is 17.5 Å². The number of halogens is 2. The van der Waals surface area contributed by atoms with Gasteiger partial charge in [0.2, 0.25) is 0 Å². The Morgan fingerprint density at radius 3 is 2.40 bits per heavy atom. The van der Waals surface area contributed by atoms with Crippen LogP contribution >= 0.6 is 0 Å². The molecule has 0 amide bonds. The lowest BCUT2D eigenvalue weighted by Gasteiger charge is -2.38. The molecule has 0 radical (unpaired) electrons. The Labute approximate surface area is 118 Å². The second kappa shape index (κ2) is 5.32. The summed E-state index contributed by atoms with van der Waals surface area (Å²) in [7, 11) is 0. The van der Waals surface area contributed by atoms with Crippen molar-refractivity contribution in [2.75, 3.05) is 24.7 Å². The van der Waals surface area contributed by atoms with E-state index in [2.05, 4.69) is 4.90 Å². The molecule has 1 aromatic carbocycles. The summed E-state index contributed by atoms with van der Waals surface area (Å²) < 4.78 is 33.9. The van der Waals surface area contributed by atoms with Gasteiger partial charge < -0.3 is 9.64 Å². The van der Waals surface area contributed by atoms with E-state index in [1.807, 2.05) is 13.8 Å². The van der Waals surface area contributed by atoms with Crippen molar-refractivity contribution in [2.24, 2.45) is 5.92 Å². The first kappa shape index (κ1) is 13.8. The summed E-state index contributed by atoms with van der Waals surface area (Å²) >= 11 is 0. The standard InChI is InChI=1S/C16H21F2NO/c1-10(2)16-13(17)7-12(8-14(16)18)19-5-6-20-9-15(19)11-3-4-11/h7-8,10-11,15H,3-6,9H2,1-2H3/t15-/m1/s1. The number of rotatable bonds is 3. The van der Waals surface area contributed by atoms with Gasteiger partial charge in [0.25, 0.3) is 0 Å². The molecule has 2 nitrogen and oxygen atoms in total. The SMILES string of the molecule is CC(C)c1c(F)cc(N2CCOC[C@@H]2C2CC2)cc1F. The maximum absolute atomic E-state index is 14.2. The van der Waals surface area contributed by atoms with Gasteiger partial charge in [-0.05, 0) is 36.8 Å². The predicted octanol–water partition coefficient (Wildman–Crippen LogP) is 3.70. The van der Waals surface area contributed by atoms with Crippen LogP contribution in [0.25, 0.3) is 0 Å². The van der Waals surface area contributed by atoms with Crippen LogP contribution in [0.5, 0.6) is 0 Å². The number of ether oxygens (including phenoxy) is 1. The molecule has 4 heteroatoms. The Hall–Kier alpha value is -1.16. The van der Waals surface area contributed by atoms with Crippen molar-refractivity contribution in [3.63, 3.8) is 0 Å². The molecule has 0 aromatic heterocycles. The van der Waals surface area contributed by atoms with Crippen LogP contribution in [-0.4, -0.2) is 25.8 Å². The molecule has 1 saturated carbocycles. The van der Waals surface area contributed by atoms with Crippen LogP contribution in [0.15, 0.2) is 12.1 Å². The van der Waals surface area contributed by atoms with Gasteiger partial charge in [-0.25, -0.2) is 8.78 Å². The average molecular weight is 281 g/mol. The molecule has 110 valence electrons. The van der Waals surface area contributed by atoms with Crippen LogP contribution in [0.2, 0.25) is 0 Å². The van der Waals surface area contributed by atoms with Gasteiger partial charge >= 0.3 is 0 Å². The van der Waals surface area contributed by atoms with Gasteiger partial charge in [-0.1, -0.05) is 13.8 Å². The van der Waals surface area contributed by atoms with E-state index in [4.69, 9.17) is 4.74 Å². The van der Waals surface area contributed by atoms with Crippen molar-refractivity contribution in [3.05, 3.63) is 29.3 Å². The summed E-state index contributed by atoms with van der Waals surface area (Å²) in [5, 5.41) is 0. The van der Waals surface area contributed by atoms with Gasteiger partial charge in [-0.2, -0.15) is 0 Å². The summed E-state index contributed by atoms with van der Waals surface area (Å²) in [4.78, 5) is 2.12. The van der Waals surface area contributed by atoms with E-state index in [1.54, 1.807) is 0 Å². The summed E-state index contributed by atoms with van der Waals surface area (Å²) in [6.07, 6.45) is 2.39. The van der Waals surface area contributed by atoms with Gasteiger partial charge in [0.15, 0.2) is 0 Å². The molecule has 0 spiro atoms. The minimum absolute atomic E-state index is 0.145. The van der Waals surface area contributed by atoms with Gasteiger partial charge in [-0.15, -0.1) is 0 Å². The Bertz CT molecular complexity index is 476. The summed E-state index contributed by atoms with van der Waals surface area (Å²) in [5.74, 6) is -0.397. The molecule has 1 atom stereocenters. The maximum atomic E-state index is 14.2. The maximum Gasteiger partial charge on any atom is 0.131 e. The Morgan fingerprint density at radius 1 is 1.20 bits per heavy atom. The minimum Gasteiger partial charge on any atom is -0.377 e. The number of benzene rings is 1. The number of anilines is 1. The molecular formula is C16H21F2NO. The summed E-state index contributed by atoms with van der Waals surface area (Å²) in [5.41, 5.74) is 0.842. The fourth-order valence-electron chi connectivity index (χ4n) is 3.10. The second-order valence-electron chi connectivity index (χ2n) is 6.15. The zero-order valence-corrected chi connectivity index (χ0v) is 12.0. The first-order valence-electron chi connectivity index (χ1n) is 7.41. The normalized spacial score (nSPS) is 23.4. The van der Waals surface area contributed by atoms with Crippen molar-refractivity contribution >= 4 is 5.69 Å². The van der Waals surface area contributed by atoms with Gasteiger partial charge in [0, 0.05) is 17.8 Å². The van der Waals surface area contributed by atoms with Crippen molar-refractivity contribution in [2.45, 2.75) is 38.6 Å². The van der Waals surface area contributed by atoms with E-state index in [9.17, 15) is 8.78 Å². The molecule has 0 N–H and O–H groups in total. The molecule has 1 aliphatic heterocycles. The lowest BCUT2D eigenvalue weighted by molar-refractivity contribution is 0.0878. The summed E-state index contributed by atoms with van der Waals surface area (Å²) in [6, 6.07) is 3.24. The van der Waals surface area contributed by atoms with Crippen LogP contribution in [0, 0.1) is 17.6 Å². The highest BCUT2D eigenvalue weighted by Crippen LogP contribution is 2.39. The Morgan fingerprint density at radius 2 is 1.85 bits per heavy atom. The molecule has 0 unspecified atom stereocenters. The molecular weight excluding hydrogens is 260 g/mol. The van der Waals surface area contributed by atoms with E-state index < -0.39 is 11.6 Å². The smallest absolute Gasteiger partial charge is 0.131 e. The monoisotopic (exact) mass is 281 g/mol. The molecule has 20 heavy (non-hydrogen) atoms. The third-order valence-electron chi connectivity index (χ3n) is 4.30. The summed E-state index contributed by atoms with van der Waals surface area (Å²) in [6.45, 7) is 5.62. The Balaban J connectivity index is 1.92. The molecule has 1 aromatic rings. The average Bonchev–Trinajstić information content (AvgIpc) is 3.21. The van der Waals surface area contributed by atoms with E-state index in [1.165, 1.54) is 25.0 Å². The van der Waals surface area contributed by atoms with Gasteiger partial charge in [-0.3, -0.25) is 0 Å². The molecule has 1 aliphatic carbocycles. The quantitative estimate of drug-likeness (QED) is 0.837. The van der Waals surface area contributed by atoms with Crippen LogP contribution in [0.4, 0.5) is 14.5 Å². The van der Waals surface area contributed by atoms with E-state index in [0.717, 1.165) is 0 Å². The first-order valence-corrected chi connectivity index (χ1v) is 7.41. The molecule has 1 saturated heterocycles. The van der Waals surface area contributed by atoms with Crippen LogP contribution in [0.3, 0.4) is 0 Å². The highest BCUT2D eigenvalue weighted by atomic mass is 19.1. The van der Waals surface area contributed by atoms with Crippen LogP contribution < -0.4 is 4.90 Å². The number of hydrogen-bond acceptors (Lipinski definition) is 2. The number of hydrogen-bond donors (Lipinski definition) is 0. The highest BCUT2D eigenvalue weighted by molar-refractivity contribution is 5.51. The molecule has 0 bridgehead atoms. The third kappa shape index (κ3) is 2.53. The zero-order valence-electron chi connectivity index (χ0n) is 12.0. The largest absolute Gasteiger partial charge is 0.377 e. The van der Waals surface area contributed by atoms with Crippen molar-refractivity contribution in [3.8, 4) is 0 Å². The van der Waals surface area contributed by atoms with E-state index in [0.29, 0.717) is 31.4 Å². The second-order valence-corrected chi connectivity index (χ2v) is 6.15. The van der Waals surface area contributed by atoms with Crippen molar-refractivity contribution < 1.29 is 13.5 Å². The Kier molecular flexibility index (Phi) is 3.67. The lowest BCUT2D eigenvalue weighted by Crippen LogP contribution is -2.47. The van der Waals surface area contributed by atoms with Crippen LogP contribution in [-0.2, 0) is 4.74 Å². The first-order chi connectivity index (χ1) is 9.58. The molecule has 2 aliphatic rings. The lowest BCUT2D eigenvalue weighted by atomic mass is 10.0. The number of morpholine rings is 1.